The number of halogens is 2. The van der Waals surface area contributed by atoms with Gasteiger partial charge in [-0.1, -0.05) is 42.3 Å². The molecule has 2 N–H and O–H groups in total. The third kappa shape index (κ3) is 7.30. The first-order valence-corrected chi connectivity index (χ1v) is 10.2. The minimum absolute atomic E-state index is 0.229. The van der Waals surface area contributed by atoms with E-state index in [0.29, 0.717) is 73.2 Å². The number of aromatic nitrogens is 3. The average molecular weight is 459 g/mol. The number of hydrogen-bond donors (Lipinski definition) is 1. The molecule has 0 fully saturated rings. The zero-order valence-corrected chi connectivity index (χ0v) is 19.0. The third-order valence-corrected chi connectivity index (χ3v) is 5.13. The van der Waals surface area contributed by atoms with Crippen molar-refractivity contribution in [2.24, 2.45) is 5.41 Å². The van der Waals surface area contributed by atoms with Crippen molar-refractivity contribution in [3.8, 4) is 11.3 Å². The first kappa shape index (κ1) is 24.7. The minimum Gasteiger partial charge on any atom is -0.382 e. The number of hydrogen-bond acceptors (Lipinski definition) is 8. The topological polar surface area (TPSA) is 102 Å². The van der Waals surface area contributed by atoms with Crippen molar-refractivity contribution in [2.45, 2.75) is 13.3 Å². The Balaban J connectivity index is 2.15. The van der Waals surface area contributed by atoms with Crippen molar-refractivity contribution in [3.05, 3.63) is 34.1 Å². The summed E-state index contributed by atoms with van der Waals surface area (Å²) in [5.74, 6) is 0.717. The van der Waals surface area contributed by atoms with E-state index >= 15 is 0 Å². The third-order valence-electron chi connectivity index (χ3n) is 4.31. The SMILES string of the molecule is COCCOCC(C)(COCCOC)Cc1nnc(-c2cccc(Cl)c2Cl)c(N)n1. The van der Waals surface area contributed by atoms with Crippen molar-refractivity contribution < 1.29 is 18.9 Å². The summed E-state index contributed by atoms with van der Waals surface area (Å²) in [4.78, 5) is 4.44. The molecule has 166 valence electrons. The van der Waals surface area contributed by atoms with Gasteiger partial charge in [-0.05, 0) is 6.07 Å². The molecule has 1 aromatic heterocycles. The highest BCUT2D eigenvalue weighted by molar-refractivity contribution is 6.43. The van der Waals surface area contributed by atoms with Gasteiger partial charge in [0.05, 0.1) is 49.7 Å². The molecule has 0 saturated heterocycles. The number of nitrogens with two attached hydrogens (primary N) is 1. The number of benzene rings is 1. The molecule has 0 unspecified atom stereocenters. The van der Waals surface area contributed by atoms with Crippen LogP contribution in [0.3, 0.4) is 0 Å². The summed E-state index contributed by atoms with van der Waals surface area (Å²) in [5.41, 5.74) is 6.75. The van der Waals surface area contributed by atoms with Crippen molar-refractivity contribution in [2.75, 3.05) is 59.6 Å². The zero-order chi connectivity index (χ0) is 22.0. The summed E-state index contributed by atoms with van der Waals surface area (Å²) in [6, 6.07) is 5.23. The Kier molecular flexibility index (Phi) is 10.2. The summed E-state index contributed by atoms with van der Waals surface area (Å²) in [6.07, 6.45) is 0.466. The number of rotatable bonds is 13. The highest BCUT2D eigenvalue weighted by Gasteiger charge is 2.28. The molecule has 0 radical (unpaired) electrons. The molecule has 0 spiro atoms. The van der Waals surface area contributed by atoms with Crippen LogP contribution in [0.15, 0.2) is 18.2 Å². The smallest absolute Gasteiger partial charge is 0.154 e. The second kappa shape index (κ2) is 12.3. The maximum Gasteiger partial charge on any atom is 0.154 e. The second-order valence-electron chi connectivity index (χ2n) is 7.14. The Hall–Kier alpha value is -1.55. The number of nitrogen functional groups attached to an aromatic ring is 1. The fourth-order valence-corrected chi connectivity index (χ4v) is 3.16. The minimum atomic E-state index is -0.384. The van der Waals surface area contributed by atoms with E-state index in [4.69, 9.17) is 47.9 Å². The highest BCUT2D eigenvalue weighted by Crippen LogP contribution is 2.34. The molecule has 8 nitrogen and oxygen atoms in total. The molecule has 0 bridgehead atoms. The van der Waals surface area contributed by atoms with Gasteiger partial charge in [0, 0.05) is 31.6 Å². The van der Waals surface area contributed by atoms with Crippen molar-refractivity contribution >= 4 is 29.0 Å². The fourth-order valence-electron chi connectivity index (χ4n) is 2.77. The van der Waals surface area contributed by atoms with E-state index in [1.54, 1.807) is 32.4 Å². The van der Waals surface area contributed by atoms with E-state index in [1.165, 1.54) is 0 Å². The van der Waals surface area contributed by atoms with E-state index in [0.717, 1.165) is 0 Å². The molecular weight excluding hydrogens is 431 g/mol. The summed E-state index contributed by atoms with van der Waals surface area (Å²) in [7, 11) is 3.26. The Labute approximate surface area is 187 Å². The lowest BCUT2D eigenvalue weighted by molar-refractivity contribution is -0.0339. The fraction of sp³-hybridized carbons (Fsp3) is 0.550. The lowest BCUT2D eigenvalue weighted by Gasteiger charge is -2.28. The van der Waals surface area contributed by atoms with Crippen LogP contribution in [0.2, 0.25) is 10.0 Å². The van der Waals surface area contributed by atoms with Gasteiger partial charge >= 0.3 is 0 Å². The van der Waals surface area contributed by atoms with Crippen LogP contribution in [0.1, 0.15) is 12.7 Å². The van der Waals surface area contributed by atoms with E-state index < -0.39 is 0 Å². The molecule has 0 aliphatic rings. The molecule has 0 aliphatic heterocycles. The molecule has 10 heteroatoms. The first-order chi connectivity index (χ1) is 14.4. The largest absolute Gasteiger partial charge is 0.382 e. The van der Waals surface area contributed by atoms with Crippen LogP contribution in [0.25, 0.3) is 11.3 Å². The van der Waals surface area contributed by atoms with E-state index in [1.807, 2.05) is 6.92 Å². The van der Waals surface area contributed by atoms with Crippen LogP contribution in [0.5, 0.6) is 0 Å². The van der Waals surface area contributed by atoms with Crippen LogP contribution in [-0.4, -0.2) is 69.0 Å². The van der Waals surface area contributed by atoms with Crippen molar-refractivity contribution in [1.82, 2.24) is 15.2 Å². The number of anilines is 1. The molecular formula is C20H28Cl2N4O4. The van der Waals surface area contributed by atoms with Gasteiger partial charge in [0.15, 0.2) is 11.6 Å². The van der Waals surface area contributed by atoms with Gasteiger partial charge in [0.25, 0.3) is 0 Å². The monoisotopic (exact) mass is 458 g/mol. The molecule has 2 rings (SSSR count). The maximum absolute atomic E-state index is 6.28. The van der Waals surface area contributed by atoms with Crippen molar-refractivity contribution in [3.63, 3.8) is 0 Å². The Bertz CT molecular complexity index is 798. The van der Waals surface area contributed by atoms with Crippen LogP contribution < -0.4 is 5.73 Å². The molecule has 0 atom stereocenters. The van der Waals surface area contributed by atoms with Gasteiger partial charge in [0.1, 0.15) is 5.69 Å². The lowest BCUT2D eigenvalue weighted by Crippen LogP contribution is -2.33. The van der Waals surface area contributed by atoms with Crippen LogP contribution >= 0.6 is 23.2 Å². The molecule has 0 amide bonds. The zero-order valence-electron chi connectivity index (χ0n) is 17.5. The normalized spacial score (nSPS) is 11.8. The van der Waals surface area contributed by atoms with E-state index in [2.05, 4.69) is 15.2 Å². The standard InChI is InChI=1S/C20H28Cl2N4O4/c1-20(12-29-9-7-27-2,13-30-10-8-28-3)11-16-24-19(23)18(26-25-16)14-5-4-6-15(21)17(14)22/h4-6H,7-13H2,1-3H3,(H2,23,24,25). The predicted octanol–water partition coefficient (Wildman–Crippen LogP) is 3.30. The van der Waals surface area contributed by atoms with Crippen LogP contribution in [-0.2, 0) is 25.4 Å². The molecule has 1 aromatic carbocycles. The summed E-state index contributed by atoms with van der Waals surface area (Å²) >= 11 is 12.4. The van der Waals surface area contributed by atoms with Crippen LogP contribution in [0.4, 0.5) is 5.82 Å². The molecule has 2 aromatic rings. The van der Waals surface area contributed by atoms with E-state index in [-0.39, 0.29) is 11.2 Å². The summed E-state index contributed by atoms with van der Waals surface area (Å²) < 4.78 is 21.6. The number of methoxy groups -OCH3 is 2. The Morgan fingerprint density at radius 2 is 1.60 bits per heavy atom. The Morgan fingerprint density at radius 3 is 2.17 bits per heavy atom. The summed E-state index contributed by atoms with van der Waals surface area (Å²) in [5, 5.41) is 9.28. The van der Waals surface area contributed by atoms with E-state index in [9.17, 15) is 0 Å². The molecule has 0 saturated carbocycles. The maximum atomic E-state index is 6.28. The van der Waals surface area contributed by atoms with Gasteiger partial charge in [0.2, 0.25) is 0 Å². The van der Waals surface area contributed by atoms with Crippen molar-refractivity contribution in [1.29, 1.82) is 0 Å². The molecule has 30 heavy (non-hydrogen) atoms. The van der Waals surface area contributed by atoms with Crippen LogP contribution in [0, 0.1) is 5.41 Å². The van der Waals surface area contributed by atoms with Gasteiger partial charge in [-0.15, -0.1) is 10.2 Å². The van der Waals surface area contributed by atoms with Gasteiger partial charge in [-0.2, -0.15) is 0 Å². The van der Waals surface area contributed by atoms with Gasteiger partial charge in [-0.3, -0.25) is 0 Å². The predicted molar refractivity (Wildman–Crippen MR) is 117 cm³/mol. The van der Waals surface area contributed by atoms with Gasteiger partial charge in [-0.25, -0.2) is 4.98 Å². The quantitative estimate of drug-likeness (QED) is 0.456. The highest BCUT2D eigenvalue weighted by atomic mass is 35.5. The average Bonchev–Trinajstić information content (AvgIpc) is 2.71. The number of nitrogens with zero attached hydrogens (tertiary/aromatic N) is 3. The van der Waals surface area contributed by atoms with Gasteiger partial charge < -0.3 is 24.7 Å². The summed E-state index contributed by atoms with van der Waals surface area (Å²) in [6.45, 7) is 4.91. The lowest BCUT2D eigenvalue weighted by atomic mass is 9.88. The molecule has 1 heterocycles. The second-order valence-corrected chi connectivity index (χ2v) is 7.93. The molecule has 0 aliphatic carbocycles. The number of ether oxygens (including phenoxy) is 4. The Morgan fingerprint density at radius 1 is 0.967 bits per heavy atom. The first-order valence-electron chi connectivity index (χ1n) is 9.47.